The lowest BCUT2D eigenvalue weighted by Gasteiger charge is -2.36. The van der Waals surface area contributed by atoms with Crippen molar-refractivity contribution >= 4 is 5.91 Å². The molecule has 0 unspecified atom stereocenters. The number of piperidine rings is 1. The van der Waals surface area contributed by atoms with E-state index in [1.54, 1.807) is 0 Å². The molecule has 0 N–H and O–H groups in total. The third-order valence-electron chi connectivity index (χ3n) is 5.52. The maximum Gasteiger partial charge on any atom is 0.227 e. The Morgan fingerprint density at radius 2 is 1.93 bits per heavy atom. The van der Waals surface area contributed by atoms with Gasteiger partial charge in [-0.25, -0.2) is 0 Å². The van der Waals surface area contributed by atoms with Gasteiger partial charge in [0.25, 0.3) is 0 Å². The lowest BCUT2D eigenvalue weighted by molar-refractivity contribution is -0.140. The summed E-state index contributed by atoms with van der Waals surface area (Å²) in [6.45, 7) is 2.69. The summed E-state index contributed by atoms with van der Waals surface area (Å²) in [6, 6.07) is 11.8. The normalized spacial score (nSPS) is 22.7. The summed E-state index contributed by atoms with van der Waals surface area (Å²) < 4.78 is 10.5. The van der Waals surface area contributed by atoms with Crippen LogP contribution in [0.5, 0.6) is 5.75 Å². The van der Waals surface area contributed by atoms with Crippen molar-refractivity contribution in [3.05, 3.63) is 64.2 Å². The van der Waals surface area contributed by atoms with Crippen molar-refractivity contribution < 1.29 is 13.9 Å². The van der Waals surface area contributed by atoms with Crippen LogP contribution in [0.2, 0.25) is 0 Å². The van der Waals surface area contributed by atoms with E-state index in [0.717, 1.165) is 24.9 Å². The predicted molar refractivity (Wildman–Crippen MR) is 100 cm³/mol. The Morgan fingerprint density at radius 1 is 1.11 bits per heavy atom. The van der Waals surface area contributed by atoms with Gasteiger partial charge in [0.1, 0.15) is 12.0 Å². The topological polar surface area (TPSA) is 63.0 Å². The standard InChI is InChI=1S/C21H24N2O4/c1-26-20-14-27-18(9-19(20)24)13-22-11-16-7-8-17(12-22)23(21(16)25)10-15-5-3-2-4-6-15/h2-6,9,14,16-17H,7-8,10-13H2,1H3/t16-,17+/m0/s1. The van der Waals surface area contributed by atoms with Crippen LogP contribution in [-0.2, 0) is 17.9 Å². The minimum absolute atomic E-state index is 0.0115. The average Bonchev–Trinajstić information content (AvgIpc) is 2.94. The molecule has 142 valence electrons. The summed E-state index contributed by atoms with van der Waals surface area (Å²) >= 11 is 0. The summed E-state index contributed by atoms with van der Waals surface area (Å²) in [5.41, 5.74) is 0.976. The van der Waals surface area contributed by atoms with Crippen molar-refractivity contribution in [2.75, 3.05) is 20.2 Å². The molecule has 2 atom stereocenters. The number of ether oxygens (including phenoxy) is 1. The Kier molecular flexibility index (Phi) is 4.99. The molecule has 2 aromatic rings. The van der Waals surface area contributed by atoms with E-state index in [-0.39, 0.29) is 29.0 Å². The van der Waals surface area contributed by atoms with Crippen molar-refractivity contribution in [2.45, 2.75) is 32.0 Å². The first kappa shape index (κ1) is 17.8. The smallest absolute Gasteiger partial charge is 0.227 e. The molecule has 6 nitrogen and oxygen atoms in total. The molecular formula is C21H24N2O4. The number of hydrogen-bond donors (Lipinski definition) is 0. The Hall–Kier alpha value is -2.60. The molecule has 1 aromatic heterocycles. The predicted octanol–water partition coefficient (Wildman–Crippen LogP) is 2.27. The van der Waals surface area contributed by atoms with Crippen molar-refractivity contribution in [3.8, 4) is 5.75 Å². The van der Waals surface area contributed by atoms with Crippen molar-refractivity contribution in [3.63, 3.8) is 0 Å². The Morgan fingerprint density at radius 3 is 2.67 bits per heavy atom. The summed E-state index contributed by atoms with van der Waals surface area (Å²) in [5, 5.41) is 0. The van der Waals surface area contributed by atoms with E-state index < -0.39 is 0 Å². The van der Waals surface area contributed by atoms with E-state index in [1.807, 2.05) is 23.1 Å². The Balaban J connectivity index is 1.49. The van der Waals surface area contributed by atoms with Crippen LogP contribution in [0.1, 0.15) is 24.2 Å². The summed E-state index contributed by atoms with van der Waals surface area (Å²) in [7, 11) is 1.45. The number of hydrogen-bond acceptors (Lipinski definition) is 5. The number of benzene rings is 1. The summed E-state index contributed by atoms with van der Waals surface area (Å²) in [5.74, 6) is 1.06. The second-order valence-corrected chi connectivity index (χ2v) is 7.35. The molecule has 3 saturated heterocycles. The van der Waals surface area contributed by atoms with Crippen LogP contribution in [0.3, 0.4) is 0 Å². The van der Waals surface area contributed by atoms with Gasteiger partial charge in [0.2, 0.25) is 17.1 Å². The second kappa shape index (κ2) is 7.56. The van der Waals surface area contributed by atoms with Crippen molar-refractivity contribution in [1.29, 1.82) is 0 Å². The monoisotopic (exact) mass is 368 g/mol. The van der Waals surface area contributed by atoms with Gasteiger partial charge in [-0.05, 0) is 18.4 Å². The molecule has 1 aromatic carbocycles. The van der Waals surface area contributed by atoms with Gasteiger partial charge in [0.15, 0.2) is 0 Å². The zero-order valence-electron chi connectivity index (χ0n) is 15.5. The van der Waals surface area contributed by atoms with E-state index >= 15 is 0 Å². The maximum atomic E-state index is 13.0. The largest absolute Gasteiger partial charge is 0.490 e. The Labute approximate surface area is 158 Å². The summed E-state index contributed by atoms with van der Waals surface area (Å²) in [6.07, 6.45) is 3.31. The van der Waals surface area contributed by atoms with E-state index in [0.29, 0.717) is 25.4 Å². The number of carbonyl (C=O) groups excluding carboxylic acids is 1. The molecule has 27 heavy (non-hydrogen) atoms. The molecular weight excluding hydrogens is 344 g/mol. The van der Waals surface area contributed by atoms with Gasteiger partial charge in [-0.15, -0.1) is 0 Å². The summed E-state index contributed by atoms with van der Waals surface area (Å²) in [4.78, 5) is 29.2. The van der Waals surface area contributed by atoms with E-state index in [2.05, 4.69) is 17.0 Å². The molecule has 0 spiro atoms. The van der Waals surface area contributed by atoms with E-state index in [4.69, 9.17) is 9.15 Å². The number of methoxy groups -OCH3 is 1. The van der Waals surface area contributed by atoms with Gasteiger partial charge in [-0.3, -0.25) is 14.5 Å². The van der Waals surface area contributed by atoms with Crippen molar-refractivity contribution in [1.82, 2.24) is 9.80 Å². The zero-order valence-corrected chi connectivity index (χ0v) is 15.5. The highest BCUT2D eigenvalue weighted by atomic mass is 16.5. The number of amides is 1. The molecule has 6 heteroatoms. The van der Waals surface area contributed by atoms with Crippen molar-refractivity contribution in [2.24, 2.45) is 5.92 Å². The number of fused-ring (bicyclic) bond motifs is 4. The van der Waals surface area contributed by atoms with E-state index in [1.165, 1.54) is 19.4 Å². The first-order valence-corrected chi connectivity index (χ1v) is 9.36. The molecule has 0 aliphatic carbocycles. The number of rotatable bonds is 5. The first-order chi connectivity index (χ1) is 13.1. The molecule has 5 rings (SSSR count). The van der Waals surface area contributed by atoms with Crippen LogP contribution < -0.4 is 10.2 Å². The van der Waals surface area contributed by atoms with Gasteiger partial charge in [0.05, 0.1) is 19.6 Å². The highest BCUT2D eigenvalue weighted by molar-refractivity contribution is 5.80. The zero-order chi connectivity index (χ0) is 18.8. The molecule has 3 aliphatic heterocycles. The van der Waals surface area contributed by atoms with Crippen LogP contribution in [-0.4, -0.2) is 41.9 Å². The van der Waals surface area contributed by atoms with Gasteiger partial charge in [-0.1, -0.05) is 30.3 Å². The fraction of sp³-hybridized carbons (Fsp3) is 0.429. The van der Waals surface area contributed by atoms with Crippen LogP contribution in [0.25, 0.3) is 0 Å². The number of nitrogens with zero attached hydrogens (tertiary/aromatic N) is 2. The van der Waals surface area contributed by atoms with Crippen LogP contribution in [0, 0.1) is 5.92 Å². The quantitative estimate of drug-likeness (QED) is 0.810. The maximum absolute atomic E-state index is 13.0. The molecule has 4 heterocycles. The van der Waals surface area contributed by atoms with Crippen LogP contribution >= 0.6 is 0 Å². The third kappa shape index (κ3) is 3.76. The molecule has 0 saturated carbocycles. The van der Waals surface area contributed by atoms with Crippen LogP contribution in [0.15, 0.2) is 51.9 Å². The second-order valence-electron chi connectivity index (χ2n) is 7.35. The molecule has 3 fully saturated rings. The van der Waals surface area contributed by atoms with E-state index in [9.17, 15) is 9.59 Å². The van der Waals surface area contributed by atoms with Gasteiger partial charge in [-0.2, -0.15) is 0 Å². The average molecular weight is 368 g/mol. The SMILES string of the molecule is COc1coc(CN2C[C@@H]3CC[C@H](C2)N(Cc2ccccc2)C3=O)cc1=O. The minimum Gasteiger partial charge on any atom is -0.490 e. The fourth-order valence-corrected chi connectivity index (χ4v) is 4.14. The van der Waals surface area contributed by atoms with Crippen LogP contribution in [0.4, 0.5) is 0 Å². The minimum atomic E-state index is -0.182. The lowest BCUT2D eigenvalue weighted by Crippen LogP contribution is -2.47. The lowest BCUT2D eigenvalue weighted by atomic mass is 9.93. The molecule has 2 bridgehead atoms. The highest BCUT2D eigenvalue weighted by Crippen LogP contribution is 2.31. The molecule has 1 amide bonds. The van der Waals surface area contributed by atoms with Gasteiger partial charge < -0.3 is 14.1 Å². The third-order valence-corrected chi connectivity index (χ3v) is 5.52. The molecule has 3 aliphatic rings. The van der Waals surface area contributed by atoms with Gasteiger partial charge in [0, 0.05) is 31.7 Å². The Bertz CT molecular complexity index is 864. The fourth-order valence-electron chi connectivity index (χ4n) is 4.14. The first-order valence-electron chi connectivity index (χ1n) is 9.36. The van der Waals surface area contributed by atoms with Gasteiger partial charge >= 0.3 is 0 Å². The number of carbonyl (C=O) groups is 1. The highest BCUT2D eigenvalue weighted by Gasteiger charge is 2.40. The molecule has 0 radical (unpaired) electrons.